The number of anilines is 1. The number of hydrogen-bond acceptors (Lipinski definition) is 4. The monoisotopic (exact) mass is 222 g/mol. The molecule has 0 aliphatic heterocycles. The second-order valence-electron chi connectivity index (χ2n) is 2.99. The molecule has 0 amide bonds. The Morgan fingerprint density at radius 1 is 1.64 bits per heavy atom. The van der Waals surface area contributed by atoms with Crippen LogP contribution < -0.4 is 4.90 Å². The summed E-state index contributed by atoms with van der Waals surface area (Å²) in [5.41, 5.74) is 0. The van der Waals surface area contributed by atoms with Crippen molar-refractivity contribution in [2.45, 2.75) is 19.5 Å². The molecule has 14 heavy (non-hydrogen) atoms. The lowest BCUT2D eigenvalue weighted by Gasteiger charge is -2.14. The minimum absolute atomic E-state index is 0.341. The van der Waals surface area contributed by atoms with Crippen LogP contribution in [0.25, 0.3) is 0 Å². The maximum atomic E-state index is 12.0. The van der Waals surface area contributed by atoms with E-state index in [0.717, 1.165) is 0 Å². The number of alkyl halides is 2. The van der Waals surface area contributed by atoms with Gasteiger partial charge in [-0.25, -0.2) is 13.8 Å². The van der Waals surface area contributed by atoms with Gasteiger partial charge in [0.15, 0.2) is 5.13 Å². The van der Waals surface area contributed by atoms with Crippen molar-refractivity contribution in [2.75, 3.05) is 18.5 Å². The number of aliphatic hydroxyl groups excluding tert-OH is 1. The Balaban J connectivity index is 2.66. The molecule has 6 heteroatoms. The van der Waals surface area contributed by atoms with E-state index in [0.29, 0.717) is 10.0 Å². The van der Waals surface area contributed by atoms with Gasteiger partial charge in [-0.15, -0.1) is 0 Å². The van der Waals surface area contributed by atoms with Crippen LogP contribution in [0.3, 0.4) is 0 Å². The molecule has 0 aliphatic rings. The Labute approximate surface area is 85.0 Å². The summed E-state index contributed by atoms with van der Waals surface area (Å²) in [7, 11) is 1.55. The van der Waals surface area contributed by atoms with Crippen molar-refractivity contribution in [1.29, 1.82) is 0 Å². The average Bonchev–Trinajstić information content (AvgIpc) is 2.50. The van der Waals surface area contributed by atoms with Crippen molar-refractivity contribution < 1.29 is 13.9 Å². The van der Waals surface area contributed by atoms with Crippen LogP contribution in [0.4, 0.5) is 13.9 Å². The largest absolute Gasteiger partial charge is 0.388 e. The molecule has 1 heterocycles. The van der Waals surface area contributed by atoms with Crippen LogP contribution in [0, 0.1) is 0 Å². The highest BCUT2D eigenvalue weighted by atomic mass is 32.1. The van der Waals surface area contributed by atoms with Crippen molar-refractivity contribution >= 4 is 16.5 Å². The molecule has 1 N–H and O–H groups in total. The summed E-state index contributed by atoms with van der Waals surface area (Å²) in [6.45, 7) is 1.27. The van der Waals surface area contributed by atoms with Gasteiger partial charge < -0.3 is 10.0 Å². The summed E-state index contributed by atoms with van der Waals surface area (Å²) in [5.74, 6) is 0. The molecule has 1 aromatic heterocycles. The van der Waals surface area contributed by atoms with Crippen LogP contribution in [-0.4, -0.2) is 30.1 Å². The van der Waals surface area contributed by atoms with E-state index in [-0.39, 0.29) is 6.54 Å². The van der Waals surface area contributed by atoms with E-state index in [1.165, 1.54) is 22.4 Å². The molecule has 0 aliphatic carbocycles. The fraction of sp³-hybridized carbons (Fsp3) is 0.625. The molecule has 0 radical (unpaired) electrons. The van der Waals surface area contributed by atoms with Crippen molar-refractivity contribution in [3.63, 3.8) is 0 Å². The standard InChI is InChI=1S/C8H12F2N2OS/c1-5(13)6-3-11-8(14-6)12(2)4-7(9)10/h3,5,7,13H,4H2,1-2H3. The number of aromatic nitrogens is 1. The summed E-state index contributed by atoms with van der Waals surface area (Å²) >= 11 is 1.22. The summed E-state index contributed by atoms with van der Waals surface area (Å²) in [5, 5.41) is 9.71. The van der Waals surface area contributed by atoms with Crippen LogP contribution in [-0.2, 0) is 0 Å². The molecule has 1 rings (SSSR count). The molecule has 3 nitrogen and oxygen atoms in total. The fourth-order valence-electron chi connectivity index (χ4n) is 0.932. The second kappa shape index (κ2) is 4.65. The van der Waals surface area contributed by atoms with Crippen molar-refractivity contribution in [1.82, 2.24) is 4.98 Å². The summed E-state index contributed by atoms with van der Waals surface area (Å²) < 4.78 is 24.0. The number of halogens is 2. The normalized spacial score (nSPS) is 13.3. The first-order valence-electron chi connectivity index (χ1n) is 4.13. The SMILES string of the molecule is CC(O)c1cnc(N(C)CC(F)F)s1. The Morgan fingerprint density at radius 2 is 2.29 bits per heavy atom. The van der Waals surface area contributed by atoms with Gasteiger partial charge in [0.05, 0.1) is 17.5 Å². The number of aliphatic hydroxyl groups is 1. The zero-order valence-corrected chi connectivity index (χ0v) is 8.76. The second-order valence-corrected chi connectivity index (χ2v) is 4.03. The minimum Gasteiger partial charge on any atom is -0.388 e. The first-order valence-corrected chi connectivity index (χ1v) is 4.95. The molecular formula is C8H12F2N2OS. The van der Waals surface area contributed by atoms with E-state index in [4.69, 9.17) is 0 Å². The Bertz CT molecular complexity index is 291. The van der Waals surface area contributed by atoms with E-state index in [1.807, 2.05) is 0 Å². The van der Waals surface area contributed by atoms with Crippen LogP contribution >= 0.6 is 11.3 Å². The Kier molecular flexibility index (Phi) is 3.77. The van der Waals surface area contributed by atoms with Gasteiger partial charge >= 0.3 is 0 Å². The molecule has 80 valence electrons. The molecule has 0 saturated carbocycles. The average molecular weight is 222 g/mol. The van der Waals surface area contributed by atoms with Gasteiger partial charge in [-0.1, -0.05) is 11.3 Å². The number of thiazole rings is 1. The lowest BCUT2D eigenvalue weighted by Crippen LogP contribution is -2.23. The first kappa shape index (κ1) is 11.3. The first-order chi connectivity index (χ1) is 6.50. The lowest BCUT2D eigenvalue weighted by atomic mass is 10.4. The van der Waals surface area contributed by atoms with E-state index in [2.05, 4.69) is 4.98 Å². The van der Waals surface area contributed by atoms with Gasteiger partial charge in [-0.3, -0.25) is 0 Å². The van der Waals surface area contributed by atoms with E-state index < -0.39 is 12.5 Å². The van der Waals surface area contributed by atoms with Crippen LogP contribution in [0.15, 0.2) is 6.20 Å². The highest BCUT2D eigenvalue weighted by Crippen LogP contribution is 2.26. The predicted molar refractivity (Wildman–Crippen MR) is 52.0 cm³/mol. The third kappa shape index (κ3) is 2.88. The van der Waals surface area contributed by atoms with Gasteiger partial charge in [0, 0.05) is 13.2 Å². The maximum absolute atomic E-state index is 12.0. The maximum Gasteiger partial charge on any atom is 0.255 e. The smallest absolute Gasteiger partial charge is 0.255 e. The van der Waals surface area contributed by atoms with Crippen molar-refractivity contribution in [3.8, 4) is 0 Å². The molecule has 0 fully saturated rings. The zero-order valence-electron chi connectivity index (χ0n) is 7.94. The van der Waals surface area contributed by atoms with Crippen LogP contribution in [0.1, 0.15) is 17.9 Å². The Hall–Kier alpha value is -0.750. The summed E-state index contributed by atoms with van der Waals surface area (Å²) in [4.78, 5) is 6.00. The quantitative estimate of drug-likeness (QED) is 0.845. The number of rotatable bonds is 4. The molecular weight excluding hydrogens is 210 g/mol. The lowest BCUT2D eigenvalue weighted by molar-refractivity contribution is 0.156. The van der Waals surface area contributed by atoms with Gasteiger partial charge in [-0.2, -0.15) is 0 Å². The molecule has 1 aromatic rings. The van der Waals surface area contributed by atoms with Crippen molar-refractivity contribution in [2.24, 2.45) is 0 Å². The minimum atomic E-state index is -2.38. The highest BCUT2D eigenvalue weighted by Gasteiger charge is 2.13. The van der Waals surface area contributed by atoms with Gasteiger partial charge in [0.2, 0.25) is 0 Å². The topological polar surface area (TPSA) is 36.4 Å². The fourth-order valence-corrected chi connectivity index (χ4v) is 1.75. The third-order valence-electron chi connectivity index (χ3n) is 1.66. The van der Waals surface area contributed by atoms with Crippen molar-refractivity contribution in [3.05, 3.63) is 11.1 Å². The summed E-state index contributed by atoms with van der Waals surface area (Å²) in [6, 6.07) is 0. The van der Waals surface area contributed by atoms with Gasteiger partial charge in [-0.05, 0) is 6.92 Å². The number of nitrogens with zero attached hydrogens (tertiary/aromatic N) is 2. The van der Waals surface area contributed by atoms with E-state index in [9.17, 15) is 13.9 Å². The zero-order chi connectivity index (χ0) is 10.7. The summed E-state index contributed by atoms with van der Waals surface area (Å²) in [6.07, 6.45) is -1.47. The molecule has 0 saturated heterocycles. The molecule has 0 spiro atoms. The third-order valence-corrected chi connectivity index (χ3v) is 2.94. The van der Waals surface area contributed by atoms with E-state index >= 15 is 0 Å². The molecule has 1 unspecified atom stereocenters. The Morgan fingerprint density at radius 3 is 2.71 bits per heavy atom. The highest BCUT2D eigenvalue weighted by molar-refractivity contribution is 7.15. The predicted octanol–water partition coefficient (Wildman–Crippen LogP) is 1.90. The molecule has 0 bridgehead atoms. The van der Waals surface area contributed by atoms with Crippen LogP contribution in [0.2, 0.25) is 0 Å². The van der Waals surface area contributed by atoms with E-state index in [1.54, 1.807) is 14.0 Å². The molecule has 1 atom stereocenters. The van der Waals surface area contributed by atoms with Gasteiger partial charge in [0.25, 0.3) is 6.43 Å². The molecule has 0 aromatic carbocycles. The van der Waals surface area contributed by atoms with Gasteiger partial charge in [0.1, 0.15) is 0 Å². The number of hydrogen-bond donors (Lipinski definition) is 1. The van der Waals surface area contributed by atoms with Crippen LogP contribution in [0.5, 0.6) is 0 Å².